The van der Waals surface area contributed by atoms with E-state index in [1.54, 1.807) is 0 Å². The second-order valence-corrected chi connectivity index (χ2v) is 9.32. The van der Waals surface area contributed by atoms with E-state index in [4.69, 9.17) is 9.97 Å². The smallest absolute Gasteiger partial charge is 0.140 e. The van der Waals surface area contributed by atoms with Gasteiger partial charge in [-0.2, -0.15) is 0 Å². The molecule has 4 heteroatoms. The van der Waals surface area contributed by atoms with E-state index in [0.717, 1.165) is 44.8 Å². The fraction of sp³-hybridized carbons (Fsp3) is 0.0625. The molecule has 7 aromatic rings. The summed E-state index contributed by atoms with van der Waals surface area (Å²) in [5.41, 5.74) is 8.94. The van der Waals surface area contributed by atoms with Crippen LogP contribution in [0.1, 0.15) is 0 Å². The number of rotatable bonds is 3. The topological polar surface area (TPSA) is 35.6 Å². The number of fused-ring (bicyclic) bond motifs is 3. The normalized spacial score (nSPS) is 11.6. The Bertz CT molecular complexity index is 1910. The third-order valence-electron chi connectivity index (χ3n) is 7.15. The fourth-order valence-corrected chi connectivity index (χ4v) is 5.18. The maximum Gasteiger partial charge on any atom is 0.140 e. The number of aromatic nitrogens is 4. The van der Waals surface area contributed by atoms with E-state index < -0.39 is 0 Å². The molecule has 5 aromatic carbocycles. The molecule has 0 aliphatic carbocycles. The lowest BCUT2D eigenvalue weighted by molar-refractivity contribution is 0.959. The van der Waals surface area contributed by atoms with Gasteiger partial charge in [0.1, 0.15) is 11.6 Å². The van der Waals surface area contributed by atoms with Gasteiger partial charge in [0.2, 0.25) is 0 Å². The molecule has 0 aliphatic heterocycles. The maximum absolute atomic E-state index is 4.89. The zero-order valence-electron chi connectivity index (χ0n) is 20.2. The monoisotopic (exact) mass is 464 g/mol. The molecule has 0 unspecified atom stereocenters. The summed E-state index contributed by atoms with van der Waals surface area (Å²) < 4.78 is 4.32. The van der Waals surface area contributed by atoms with Crippen molar-refractivity contribution in [2.75, 3.05) is 0 Å². The van der Waals surface area contributed by atoms with Crippen LogP contribution < -0.4 is 0 Å². The number of imidazole rings is 2. The maximum atomic E-state index is 4.89. The van der Waals surface area contributed by atoms with Crippen molar-refractivity contribution >= 4 is 32.8 Å². The average molecular weight is 465 g/mol. The molecule has 2 heterocycles. The Balaban J connectivity index is 1.26. The van der Waals surface area contributed by atoms with Gasteiger partial charge in [-0.1, -0.05) is 72.8 Å². The first-order chi connectivity index (χ1) is 17.7. The molecule has 0 fully saturated rings. The van der Waals surface area contributed by atoms with Gasteiger partial charge in [-0.05, 0) is 58.3 Å². The first-order valence-electron chi connectivity index (χ1n) is 12.1. The van der Waals surface area contributed by atoms with Crippen LogP contribution in [-0.4, -0.2) is 19.1 Å². The summed E-state index contributed by atoms with van der Waals surface area (Å²) in [5.74, 6) is 1.96. The summed E-state index contributed by atoms with van der Waals surface area (Å²) in [6, 6.07) is 38.5. The highest BCUT2D eigenvalue weighted by molar-refractivity contribution is 5.91. The van der Waals surface area contributed by atoms with Gasteiger partial charge in [0.15, 0.2) is 0 Å². The minimum atomic E-state index is 0.980. The Morgan fingerprint density at radius 3 is 1.53 bits per heavy atom. The highest BCUT2D eigenvalue weighted by atomic mass is 15.1. The molecule has 2 aromatic heterocycles. The van der Waals surface area contributed by atoms with Gasteiger partial charge in [0.05, 0.1) is 22.1 Å². The van der Waals surface area contributed by atoms with Crippen LogP contribution in [0.25, 0.3) is 66.7 Å². The minimum Gasteiger partial charge on any atom is -0.327 e. The van der Waals surface area contributed by atoms with E-state index in [0.29, 0.717) is 0 Å². The molecular formula is C32H24N4. The van der Waals surface area contributed by atoms with Crippen LogP contribution in [-0.2, 0) is 14.1 Å². The van der Waals surface area contributed by atoms with Crippen LogP contribution in [0, 0.1) is 0 Å². The third-order valence-corrected chi connectivity index (χ3v) is 7.15. The quantitative estimate of drug-likeness (QED) is 0.270. The van der Waals surface area contributed by atoms with E-state index >= 15 is 0 Å². The third kappa shape index (κ3) is 3.23. The lowest BCUT2D eigenvalue weighted by Crippen LogP contribution is -1.93. The molecule has 0 saturated carbocycles. The molecule has 0 radical (unpaired) electrons. The van der Waals surface area contributed by atoms with Crippen LogP contribution in [0.5, 0.6) is 0 Å². The van der Waals surface area contributed by atoms with Crippen LogP contribution >= 0.6 is 0 Å². The van der Waals surface area contributed by atoms with Crippen LogP contribution in [0.15, 0.2) is 109 Å². The second kappa shape index (κ2) is 7.92. The second-order valence-electron chi connectivity index (χ2n) is 9.32. The van der Waals surface area contributed by atoms with E-state index in [1.807, 2.05) is 12.1 Å². The SMILES string of the molecule is Cn1c(-c2ccc(-c3ccc4ccc(-c5nc6ccccc6n5C)cc4c3)cc2)nc2ccccc21. The predicted octanol–water partition coefficient (Wildman–Crippen LogP) is 7.61. The number of hydrogen-bond acceptors (Lipinski definition) is 2. The summed E-state index contributed by atoms with van der Waals surface area (Å²) in [6.07, 6.45) is 0. The van der Waals surface area contributed by atoms with Crippen LogP contribution in [0.2, 0.25) is 0 Å². The summed E-state index contributed by atoms with van der Waals surface area (Å²) >= 11 is 0. The van der Waals surface area contributed by atoms with Crippen LogP contribution in [0.4, 0.5) is 0 Å². The summed E-state index contributed by atoms with van der Waals surface area (Å²) in [7, 11) is 4.15. The van der Waals surface area contributed by atoms with Gasteiger partial charge in [-0.3, -0.25) is 0 Å². The highest BCUT2D eigenvalue weighted by Gasteiger charge is 2.12. The molecule has 0 atom stereocenters. The van der Waals surface area contributed by atoms with Crippen molar-refractivity contribution < 1.29 is 0 Å². The number of hydrogen-bond donors (Lipinski definition) is 0. The lowest BCUT2D eigenvalue weighted by Gasteiger charge is -2.08. The molecule has 0 N–H and O–H groups in total. The van der Waals surface area contributed by atoms with Gasteiger partial charge in [0.25, 0.3) is 0 Å². The Hall–Kier alpha value is -4.70. The Labute approximate surface area is 209 Å². The predicted molar refractivity (Wildman–Crippen MR) is 149 cm³/mol. The van der Waals surface area contributed by atoms with Crippen LogP contribution in [0.3, 0.4) is 0 Å². The van der Waals surface area contributed by atoms with E-state index in [1.165, 1.54) is 21.9 Å². The average Bonchev–Trinajstić information content (AvgIpc) is 3.45. The number of aryl methyl sites for hydroxylation is 2. The van der Waals surface area contributed by atoms with Crippen molar-refractivity contribution in [1.29, 1.82) is 0 Å². The molecule has 0 bridgehead atoms. The molecule has 0 amide bonds. The first-order valence-corrected chi connectivity index (χ1v) is 12.1. The van der Waals surface area contributed by atoms with Gasteiger partial charge < -0.3 is 9.13 Å². The molecular weight excluding hydrogens is 440 g/mol. The van der Waals surface area contributed by atoms with Crippen molar-refractivity contribution in [2.24, 2.45) is 14.1 Å². The number of benzene rings is 5. The van der Waals surface area contributed by atoms with Crippen molar-refractivity contribution in [2.45, 2.75) is 0 Å². The molecule has 4 nitrogen and oxygen atoms in total. The zero-order valence-corrected chi connectivity index (χ0v) is 20.2. The molecule has 0 spiro atoms. The largest absolute Gasteiger partial charge is 0.327 e. The zero-order chi connectivity index (χ0) is 24.2. The van der Waals surface area contributed by atoms with Crippen molar-refractivity contribution in [3.8, 4) is 33.9 Å². The molecule has 36 heavy (non-hydrogen) atoms. The van der Waals surface area contributed by atoms with Gasteiger partial charge in [0, 0.05) is 25.2 Å². The van der Waals surface area contributed by atoms with E-state index in [2.05, 4.69) is 120 Å². The van der Waals surface area contributed by atoms with Gasteiger partial charge in [-0.25, -0.2) is 9.97 Å². The van der Waals surface area contributed by atoms with E-state index in [-0.39, 0.29) is 0 Å². The van der Waals surface area contributed by atoms with Gasteiger partial charge >= 0.3 is 0 Å². The van der Waals surface area contributed by atoms with Crippen molar-refractivity contribution in [3.63, 3.8) is 0 Å². The summed E-state index contributed by atoms with van der Waals surface area (Å²) in [6.45, 7) is 0. The molecule has 0 aliphatic rings. The Morgan fingerprint density at radius 1 is 0.444 bits per heavy atom. The Kier molecular flexibility index (Phi) is 4.55. The standard InChI is InChI=1S/C32H24N4/c1-35-29-9-5-3-7-27(29)33-31(35)23-15-11-21(12-16-23)24-17-13-22-14-18-25(20-26(22)19-24)32-34-28-8-4-6-10-30(28)36(32)2/h3-20H,1-2H3. The molecule has 172 valence electrons. The summed E-state index contributed by atoms with van der Waals surface area (Å²) in [5, 5.41) is 2.43. The summed E-state index contributed by atoms with van der Waals surface area (Å²) in [4.78, 5) is 9.73. The lowest BCUT2D eigenvalue weighted by atomic mass is 9.99. The molecule has 0 saturated heterocycles. The highest BCUT2D eigenvalue weighted by Crippen LogP contribution is 2.31. The van der Waals surface area contributed by atoms with E-state index in [9.17, 15) is 0 Å². The van der Waals surface area contributed by atoms with Crippen molar-refractivity contribution in [3.05, 3.63) is 109 Å². The fourth-order valence-electron chi connectivity index (χ4n) is 5.18. The Morgan fingerprint density at radius 2 is 0.917 bits per heavy atom. The molecule has 7 rings (SSSR count). The van der Waals surface area contributed by atoms with Gasteiger partial charge in [-0.15, -0.1) is 0 Å². The number of nitrogens with zero attached hydrogens (tertiary/aromatic N) is 4. The number of para-hydroxylation sites is 4. The van der Waals surface area contributed by atoms with Crippen molar-refractivity contribution in [1.82, 2.24) is 19.1 Å². The minimum absolute atomic E-state index is 0.980. The first kappa shape index (κ1) is 20.7.